The zero-order valence-electron chi connectivity index (χ0n) is 12.5. The standard InChI is InChI=1S/C16H19N3O3/c1-22-7-6-19-11-13(8-15(19)20)10-18-16(21)14-4-2-12(9-17)3-5-14/h2-5,13H,6-8,10-11H2,1H3,(H,18,21)/t13-/m1/s1. The van der Waals surface area contributed by atoms with Crippen LogP contribution in [0.15, 0.2) is 24.3 Å². The van der Waals surface area contributed by atoms with Crippen LogP contribution in [0.4, 0.5) is 0 Å². The first kappa shape index (κ1) is 16.0. The molecule has 0 aromatic heterocycles. The molecule has 2 amide bonds. The molecule has 1 fully saturated rings. The number of ether oxygens (including phenoxy) is 1. The van der Waals surface area contributed by atoms with E-state index in [-0.39, 0.29) is 17.7 Å². The molecule has 2 rings (SSSR count). The number of nitriles is 1. The van der Waals surface area contributed by atoms with Crippen LogP contribution in [-0.4, -0.2) is 50.1 Å². The summed E-state index contributed by atoms with van der Waals surface area (Å²) in [6, 6.07) is 8.48. The number of amides is 2. The molecule has 1 saturated heterocycles. The first-order valence-electron chi connectivity index (χ1n) is 7.19. The Hall–Kier alpha value is -2.39. The average molecular weight is 301 g/mol. The molecule has 1 aromatic rings. The van der Waals surface area contributed by atoms with Gasteiger partial charge in [-0.2, -0.15) is 5.26 Å². The number of nitrogens with zero attached hydrogens (tertiary/aromatic N) is 2. The van der Waals surface area contributed by atoms with Crippen molar-refractivity contribution < 1.29 is 14.3 Å². The summed E-state index contributed by atoms with van der Waals surface area (Å²) in [7, 11) is 1.61. The Bertz CT molecular complexity index is 577. The lowest BCUT2D eigenvalue weighted by Crippen LogP contribution is -2.32. The summed E-state index contributed by atoms with van der Waals surface area (Å²) in [5.74, 6) is 0.0497. The second kappa shape index (κ2) is 7.57. The van der Waals surface area contributed by atoms with Crippen LogP contribution in [0, 0.1) is 17.2 Å². The molecule has 0 aliphatic carbocycles. The number of carbonyl (C=O) groups is 2. The van der Waals surface area contributed by atoms with Gasteiger partial charge in [0.2, 0.25) is 5.91 Å². The zero-order chi connectivity index (χ0) is 15.9. The lowest BCUT2D eigenvalue weighted by atomic mass is 10.1. The Morgan fingerprint density at radius 3 is 2.82 bits per heavy atom. The van der Waals surface area contributed by atoms with Gasteiger partial charge in [-0.1, -0.05) is 0 Å². The van der Waals surface area contributed by atoms with Gasteiger partial charge in [-0.25, -0.2) is 0 Å². The van der Waals surface area contributed by atoms with E-state index in [9.17, 15) is 9.59 Å². The third kappa shape index (κ3) is 4.06. The summed E-state index contributed by atoms with van der Waals surface area (Å²) in [6.07, 6.45) is 0.456. The molecule has 22 heavy (non-hydrogen) atoms. The smallest absolute Gasteiger partial charge is 0.251 e. The summed E-state index contributed by atoms with van der Waals surface area (Å²) in [5.41, 5.74) is 1.03. The number of nitrogens with one attached hydrogen (secondary N) is 1. The summed E-state index contributed by atoms with van der Waals surface area (Å²) >= 11 is 0. The molecule has 0 saturated carbocycles. The molecule has 0 bridgehead atoms. The quantitative estimate of drug-likeness (QED) is 0.842. The fraction of sp³-hybridized carbons (Fsp3) is 0.438. The molecule has 116 valence electrons. The Labute approximate surface area is 129 Å². The molecule has 6 heteroatoms. The lowest BCUT2D eigenvalue weighted by molar-refractivity contribution is -0.128. The van der Waals surface area contributed by atoms with Crippen molar-refractivity contribution in [3.63, 3.8) is 0 Å². The van der Waals surface area contributed by atoms with Crippen molar-refractivity contribution >= 4 is 11.8 Å². The third-order valence-electron chi connectivity index (χ3n) is 3.69. The van der Waals surface area contributed by atoms with Crippen molar-refractivity contribution in [3.8, 4) is 6.07 Å². The van der Waals surface area contributed by atoms with E-state index in [0.29, 0.717) is 43.8 Å². The summed E-state index contributed by atoms with van der Waals surface area (Å²) in [4.78, 5) is 25.6. The monoisotopic (exact) mass is 301 g/mol. The molecular formula is C16H19N3O3. The van der Waals surface area contributed by atoms with Gasteiger partial charge in [-0.15, -0.1) is 0 Å². The number of rotatable bonds is 6. The van der Waals surface area contributed by atoms with Crippen molar-refractivity contribution in [2.45, 2.75) is 6.42 Å². The Morgan fingerprint density at radius 2 is 2.18 bits per heavy atom. The fourth-order valence-corrected chi connectivity index (χ4v) is 2.44. The van der Waals surface area contributed by atoms with E-state index < -0.39 is 0 Å². The predicted octanol–water partition coefficient (Wildman–Crippen LogP) is 0.783. The molecule has 1 aliphatic heterocycles. The number of benzene rings is 1. The van der Waals surface area contributed by atoms with Crippen LogP contribution in [0.5, 0.6) is 0 Å². The first-order chi connectivity index (χ1) is 10.6. The second-order valence-electron chi connectivity index (χ2n) is 5.30. The molecule has 1 heterocycles. The Balaban J connectivity index is 1.81. The maximum absolute atomic E-state index is 12.0. The van der Waals surface area contributed by atoms with Crippen LogP contribution < -0.4 is 5.32 Å². The van der Waals surface area contributed by atoms with E-state index in [2.05, 4.69) is 5.32 Å². The molecular weight excluding hydrogens is 282 g/mol. The van der Waals surface area contributed by atoms with Crippen LogP contribution >= 0.6 is 0 Å². The molecule has 1 aromatic carbocycles. The van der Waals surface area contributed by atoms with Gasteiger partial charge >= 0.3 is 0 Å². The first-order valence-corrected chi connectivity index (χ1v) is 7.19. The van der Waals surface area contributed by atoms with Gasteiger partial charge < -0.3 is 15.0 Å². The van der Waals surface area contributed by atoms with E-state index in [1.807, 2.05) is 6.07 Å². The van der Waals surface area contributed by atoms with Crippen molar-refractivity contribution in [2.24, 2.45) is 5.92 Å². The van der Waals surface area contributed by atoms with Gasteiger partial charge in [-0.05, 0) is 24.3 Å². The molecule has 6 nitrogen and oxygen atoms in total. The fourth-order valence-electron chi connectivity index (χ4n) is 2.44. The molecule has 0 unspecified atom stereocenters. The summed E-state index contributed by atoms with van der Waals surface area (Å²) in [5, 5.41) is 11.6. The van der Waals surface area contributed by atoms with Crippen LogP contribution in [0.3, 0.4) is 0 Å². The maximum Gasteiger partial charge on any atom is 0.251 e. The average Bonchev–Trinajstić information content (AvgIpc) is 2.90. The predicted molar refractivity (Wildman–Crippen MR) is 80.1 cm³/mol. The van der Waals surface area contributed by atoms with Crippen molar-refractivity contribution in [3.05, 3.63) is 35.4 Å². The van der Waals surface area contributed by atoms with Crippen LogP contribution in [0.25, 0.3) is 0 Å². The highest BCUT2D eigenvalue weighted by Gasteiger charge is 2.29. The van der Waals surface area contributed by atoms with Gasteiger partial charge in [0.15, 0.2) is 0 Å². The Kier molecular flexibility index (Phi) is 5.50. The number of hydrogen-bond donors (Lipinski definition) is 1. The van der Waals surface area contributed by atoms with Gasteiger partial charge in [-0.3, -0.25) is 9.59 Å². The van der Waals surface area contributed by atoms with Gasteiger partial charge in [0.25, 0.3) is 5.91 Å². The zero-order valence-corrected chi connectivity index (χ0v) is 12.5. The summed E-state index contributed by atoms with van der Waals surface area (Å²) < 4.78 is 4.98. The van der Waals surface area contributed by atoms with Gasteiger partial charge in [0.05, 0.1) is 18.2 Å². The van der Waals surface area contributed by atoms with E-state index in [1.54, 1.807) is 36.3 Å². The lowest BCUT2D eigenvalue weighted by Gasteiger charge is -2.16. The van der Waals surface area contributed by atoms with Crippen molar-refractivity contribution in [1.29, 1.82) is 5.26 Å². The van der Waals surface area contributed by atoms with Crippen molar-refractivity contribution in [1.82, 2.24) is 10.2 Å². The Morgan fingerprint density at radius 1 is 1.45 bits per heavy atom. The van der Waals surface area contributed by atoms with E-state index in [4.69, 9.17) is 10.00 Å². The topological polar surface area (TPSA) is 82.4 Å². The van der Waals surface area contributed by atoms with Gasteiger partial charge in [0.1, 0.15) is 0 Å². The number of likely N-dealkylation sites (tertiary alicyclic amines) is 1. The van der Waals surface area contributed by atoms with E-state index in [1.165, 1.54) is 0 Å². The molecule has 1 N–H and O–H groups in total. The molecule has 0 spiro atoms. The normalized spacial score (nSPS) is 17.4. The minimum Gasteiger partial charge on any atom is -0.383 e. The number of methoxy groups -OCH3 is 1. The second-order valence-corrected chi connectivity index (χ2v) is 5.30. The van der Waals surface area contributed by atoms with Crippen LogP contribution in [0.1, 0.15) is 22.3 Å². The van der Waals surface area contributed by atoms with Crippen molar-refractivity contribution in [2.75, 3.05) is 33.4 Å². The highest BCUT2D eigenvalue weighted by molar-refractivity contribution is 5.94. The van der Waals surface area contributed by atoms with Gasteiger partial charge in [0, 0.05) is 44.6 Å². The van der Waals surface area contributed by atoms with Crippen LogP contribution in [0.2, 0.25) is 0 Å². The molecule has 0 radical (unpaired) electrons. The highest BCUT2D eigenvalue weighted by Crippen LogP contribution is 2.16. The highest BCUT2D eigenvalue weighted by atomic mass is 16.5. The SMILES string of the molecule is COCCN1C[C@@H](CNC(=O)c2ccc(C#N)cc2)CC1=O. The van der Waals surface area contributed by atoms with E-state index in [0.717, 1.165) is 0 Å². The minimum atomic E-state index is -0.188. The third-order valence-corrected chi connectivity index (χ3v) is 3.69. The van der Waals surface area contributed by atoms with E-state index >= 15 is 0 Å². The molecule has 1 aliphatic rings. The number of carbonyl (C=O) groups excluding carboxylic acids is 2. The summed E-state index contributed by atoms with van der Waals surface area (Å²) in [6.45, 7) is 2.23. The largest absolute Gasteiger partial charge is 0.383 e. The number of hydrogen-bond acceptors (Lipinski definition) is 4. The molecule has 1 atom stereocenters. The maximum atomic E-state index is 12.0. The minimum absolute atomic E-state index is 0.106. The van der Waals surface area contributed by atoms with Crippen LogP contribution in [-0.2, 0) is 9.53 Å².